The summed E-state index contributed by atoms with van der Waals surface area (Å²) in [5.41, 5.74) is 3.38. The number of ether oxygens (including phenoxy) is 1. The molecule has 0 aliphatic carbocycles. The molecule has 0 aliphatic rings. The molecule has 24 heavy (non-hydrogen) atoms. The minimum Gasteiger partial charge on any atom is -0.380 e. The van der Waals surface area contributed by atoms with E-state index in [9.17, 15) is 0 Å². The van der Waals surface area contributed by atoms with E-state index in [1.165, 1.54) is 11.1 Å². The van der Waals surface area contributed by atoms with E-state index in [0.29, 0.717) is 19.7 Å². The highest BCUT2D eigenvalue weighted by Crippen LogP contribution is 2.15. The zero-order valence-electron chi connectivity index (χ0n) is 14.2. The van der Waals surface area contributed by atoms with E-state index in [1.807, 2.05) is 43.3 Å². The van der Waals surface area contributed by atoms with Gasteiger partial charge in [-0.2, -0.15) is 0 Å². The third kappa shape index (κ3) is 5.55. The van der Waals surface area contributed by atoms with E-state index in [1.54, 1.807) is 7.11 Å². The maximum Gasteiger partial charge on any atom is 0.191 e. The van der Waals surface area contributed by atoms with Gasteiger partial charge in [0.1, 0.15) is 0 Å². The predicted octanol–water partition coefficient (Wildman–Crippen LogP) is 3.74. The zero-order valence-corrected chi connectivity index (χ0v) is 14.9. The fourth-order valence-corrected chi connectivity index (χ4v) is 2.53. The van der Waals surface area contributed by atoms with Crippen LogP contribution in [0.4, 0.5) is 0 Å². The fourth-order valence-electron chi connectivity index (χ4n) is 2.34. The Balaban J connectivity index is 2.03. The van der Waals surface area contributed by atoms with Crippen molar-refractivity contribution < 1.29 is 4.74 Å². The molecule has 0 aliphatic heterocycles. The van der Waals surface area contributed by atoms with Gasteiger partial charge >= 0.3 is 0 Å². The summed E-state index contributed by atoms with van der Waals surface area (Å²) < 4.78 is 5.25. The Bertz CT molecular complexity index is 673. The first-order chi connectivity index (χ1) is 11.7. The van der Waals surface area contributed by atoms with Crippen molar-refractivity contribution in [3.63, 3.8) is 0 Å². The van der Waals surface area contributed by atoms with Crippen LogP contribution in [0.15, 0.2) is 53.5 Å². The van der Waals surface area contributed by atoms with E-state index < -0.39 is 0 Å². The summed E-state index contributed by atoms with van der Waals surface area (Å²) >= 11 is 6.19. The number of methoxy groups -OCH3 is 1. The lowest BCUT2D eigenvalue weighted by Gasteiger charge is -2.14. The lowest BCUT2D eigenvalue weighted by Crippen LogP contribution is -2.37. The van der Waals surface area contributed by atoms with Crippen LogP contribution in [0.5, 0.6) is 0 Å². The largest absolute Gasteiger partial charge is 0.380 e. The van der Waals surface area contributed by atoms with Crippen molar-refractivity contribution in [3.05, 3.63) is 70.2 Å². The van der Waals surface area contributed by atoms with Gasteiger partial charge in [-0.3, -0.25) is 0 Å². The second kappa shape index (κ2) is 9.96. The second-order valence-electron chi connectivity index (χ2n) is 5.34. The van der Waals surface area contributed by atoms with Crippen LogP contribution < -0.4 is 10.6 Å². The molecule has 2 N–H and O–H groups in total. The molecule has 0 bridgehead atoms. The SMILES string of the molecule is CCNC(=NCc1ccccc1Cl)NCc1ccccc1COC. The molecule has 0 radical (unpaired) electrons. The Labute approximate surface area is 148 Å². The van der Waals surface area contributed by atoms with Crippen LogP contribution >= 0.6 is 11.6 Å². The summed E-state index contributed by atoms with van der Waals surface area (Å²) in [5.74, 6) is 0.768. The van der Waals surface area contributed by atoms with E-state index in [4.69, 9.17) is 16.3 Å². The van der Waals surface area contributed by atoms with Crippen LogP contribution in [0.2, 0.25) is 5.02 Å². The standard InChI is InChI=1S/C19H24ClN3O/c1-3-21-19(23-13-16-9-6-7-11-18(16)20)22-12-15-8-4-5-10-17(15)14-24-2/h4-11H,3,12-14H2,1-2H3,(H2,21,22,23). The monoisotopic (exact) mass is 345 g/mol. The second-order valence-corrected chi connectivity index (χ2v) is 5.75. The first-order valence-electron chi connectivity index (χ1n) is 8.06. The van der Waals surface area contributed by atoms with Gasteiger partial charge in [-0.05, 0) is 29.7 Å². The van der Waals surface area contributed by atoms with E-state index in [2.05, 4.69) is 27.8 Å². The van der Waals surface area contributed by atoms with Crippen LogP contribution in [-0.4, -0.2) is 19.6 Å². The van der Waals surface area contributed by atoms with Gasteiger partial charge in [0.05, 0.1) is 13.2 Å². The molecule has 0 saturated carbocycles. The predicted molar refractivity (Wildman–Crippen MR) is 100 cm³/mol. The van der Waals surface area contributed by atoms with Crippen molar-refractivity contribution in [1.29, 1.82) is 0 Å². The molecular formula is C19H24ClN3O. The maximum absolute atomic E-state index is 6.19. The molecule has 2 rings (SSSR count). The number of rotatable bonds is 7. The molecule has 0 unspecified atom stereocenters. The van der Waals surface area contributed by atoms with E-state index in [-0.39, 0.29) is 0 Å². The highest BCUT2D eigenvalue weighted by Gasteiger charge is 2.04. The van der Waals surface area contributed by atoms with Crippen molar-refractivity contribution in [2.75, 3.05) is 13.7 Å². The summed E-state index contributed by atoms with van der Waals surface area (Å²) in [6.07, 6.45) is 0. The van der Waals surface area contributed by atoms with Gasteiger partial charge in [0.25, 0.3) is 0 Å². The van der Waals surface area contributed by atoms with Crippen molar-refractivity contribution in [1.82, 2.24) is 10.6 Å². The summed E-state index contributed by atoms with van der Waals surface area (Å²) in [6, 6.07) is 16.0. The molecular weight excluding hydrogens is 322 g/mol. The quantitative estimate of drug-likeness (QED) is 0.593. The van der Waals surface area contributed by atoms with Gasteiger partial charge in [0.2, 0.25) is 0 Å². The topological polar surface area (TPSA) is 45.7 Å². The molecule has 0 atom stereocenters. The normalized spacial score (nSPS) is 11.4. The number of benzene rings is 2. The Morgan fingerprint density at radius 1 is 1.00 bits per heavy atom. The average Bonchev–Trinajstić information content (AvgIpc) is 2.60. The van der Waals surface area contributed by atoms with Gasteiger partial charge < -0.3 is 15.4 Å². The summed E-state index contributed by atoms with van der Waals surface area (Å²) in [4.78, 5) is 4.61. The highest BCUT2D eigenvalue weighted by molar-refractivity contribution is 6.31. The molecule has 5 heteroatoms. The smallest absolute Gasteiger partial charge is 0.191 e. The number of hydrogen-bond acceptors (Lipinski definition) is 2. The number of nitrogens with zero attached hydrogens (tertiary/aromatic N) is 1. The summed E-state index contributed by atoms with van der Waals surface area (Å²) in [7, 11) is 1.71. The molecule has 0 saturated heterocycles. The lowest BCUT2D eigenvalue weighted by molar-refractivity contribution is 0.184. The third-order valence-electron chi connectivity index (χ3n) is 3.57. The minimum atomic E-state index is 0.536. The molecule has 128 valence electrons. The number of aliphatic imine (C=N–C) groups is 1. The van der Waals surface area contributed by atoms with Gasteiger partial charge in [-0.25, -0.2) is 4.99 Å². The number of nitrogens with one attached hydrogen (secondary N) is 2. The molecule has 0 heterocycles. The molecule has 2 aromatic rings. The van der Waals surface area contributed by atoms with Gasteiger partial charge in [-0.15, -0.1) is 0 Å². The van der Waals surface area contributed by atoms with Crippen molar-refractivity contribution in [3.8, 4) is 0 Å². The van der Waals surface area contributed by atoms with E-state index in [0.717, 1.165) is 23.1 Å². The molecule has 2 aromatic carbocycles. The first-order valence-corrected chi connectivity index (χ1v) is 8.43. The van der Waals surface area contributed by atoms with Crippen molar-refractivity contribution in [2.24, 2.45) is 4.99 Å². The molecule has 0 spiro atoms. The summed E-state index contributed by atoms with van der Waals surface area (Å²) in [5, 5.41) is 7.36. The fraction of sp³-hybridized carbons (Fsp3) is 0.316. The van der Waals surface area contributed by atoms with Gasteiger partial charge in [0, 0.05) is 25.2 Å². The van der Waals surface area contributed by atoms with Crippen LogP contribution in [-0.2, 0) is 24.4 Å². The molecule has 0 aromatic heterocycles. The lowest BCUT2D eigenvalue weighted by atomic mass is 10.1. The number of hydrogen-bond donors (Lipinski definition) is 2. The average molecular weight is 346 g/mol. The highest BCUT2D eigenvalue weighted by atomic mass is 35.5. The van der Waals surface area contributed by atoms with Crippen LogP contribution in [0.3, 0.4) is 0 Å². The van der Waals surface area contributed by atoms with Gasteiger partial charge in [0.15, 0.2) is 5.96 Å². The molecule has 4 nitrogen and oxygen atoms in total. The van der Waals surface area contributed by atoms with Crippen LogP contribution in [0.1, 0.15) is 23.6 Å². The Hall–Kier alpha value is -2.04. The minimum absolute atomic E-state index is 0.536. The number of halogens is 1. The summed E-state index contributed by atoms with van der Waals surface area (Å²) in [6.45, 7) is 4.67. The molecule has 0 amide bonds. The zero-order chi connectivity index (χ0) is 17.2. The van der Waals surface area contributed by atoms with Crippen LogP contribution in [0.25, 0.3) is 0 Å². The first kappa shape index (κ1) is 18.3. The maximum atomic E-state index is 6.19. The number of guanidine groups is 1. The van der Waals surface area contributed by atoms with Gasteiger partial charge in [-0.1, -0.05) is 54.1 Å². The Morgan fingerprint density at radius 2 is 1.67 bits per heavy atom. The van der Waals surface area contributed by atoms with Crippen molar-refractivity contribution in [2.45, 2.75) is 26.6 Å². The Kier molecular flexibility index (Phi) is 7.59. The molecule has 0 fully saturated rings. The third-order valence-corrected chi connectivity index (χ3v) is 3.94. The Morgan fingerprint density at radius 3 is 2.33 bits per heavy atom. The van der Waals surface area contributed by atoms with Crippen LogP contribution in [0, 0.1) is 0 Å². The van der Waals surface area contributed by atoms with E-state index >= 15 is 0 Å². The van der Waals surface area contributed by atoms with Crippen molar-refractivity contribution >= 4 is 17.6 Å².